The molecule has 1 N–H and O–H groups in total. The van der Waals surface area contributed by atoms with Gasteiger partial charge in [0.15, 0.2) is 0 Å². The predicted molar refractivity (Wildman–Crippen MR) is 56.8 cm³/mol. The summed E-state index contributed by atoms with van der Waals surface area (Å²) >= 11 is 6.12. The quantitative estimate of drug-likeness (QED) is 0.621. The molecule has 0 aliphatic rings. The summed E-state index contributed by atoms with van der Waals surface area (Å²) < 4.78 is 0.948. The number of aryl methyl sites for hydroxylation is 1. The Morgan fingerprint density at radius 1 is 1.50 bits per heavy atom. The minimum absolute atomic E-state index is 0.233. The Balaban J connectivity index is 2.97. The van der Waals surface area contributed by atoms with Crippen molar-refractivity contribution >= 4 is 42.4 Å². The molecular weight excluding hydrogens is 286 g/mol. The van der Waals surface area contributed by atoms with Crippen LogP contribution in [-0.4, -0.2) is 4.82 Å². The average molecular weight is 293 g/mol. The number of hydrogen-bond donors (Lipinski definition) is 1. The lowest BCUT2D eigenvalue weighted by molar-refractivity contribution is 0.270. The highest BCUT2D eigenvalue weighted by molar-refractivity contribution is 9.18. The van der Waals surface area contributed by atoms with Crippen LogP contribution in [0.5, 0.6) is 0 Å². The van der Waals surface area contributed by atoms with Crippen molar-refractivity contribution in [3.05, 3.63) is 28.2 Å². The summed E-state index contributed by atoms with van der Waals surface area (Å²) in [4.78, 5) is 10.4. The zero-order valence-electron chi connectivity index (χ0n) is 6.40. The van der Waals surface area contributed by atoms with Crippen LogP contribution in [0.15, 0.2) is 22.7 Å². The number of anilines is 1. The number of carbonyl (C=O) groups is 1. The molecule has 0 saturated heterocycles. The van der Waals surface area contributed by atoms with Crippen LogP contribution < -0.4 is 5.32 Å². The zero-order chi connectivity index (χ0) is 9.14. The van der Waals surface area contributed by atoms with Crippen molar-refractivity contribution in [3.63, 3.8) is 0 Å². The third kappa shape index (κ3) is 2.60. The van der Waals surface area contributed by atoms with Crippen LogP contribution in [-0.2, 0) is 0 Å². The molecule has 0 bridgehead atoms. The summed E-state index contributed by atoms with van der Waals surface area (Å²) in [6.07, 6.45) is 0. The summed E-state index contributed by atoms with van der Waals surface area (Å²) in [5.41, 5.74) is 1.84. The second-order valence-electron chi connectivity index (χ2n) is 2.36. The van der Waals surface area contributed by atoms with E-state index >= 15 is 0 Å². The van der Waals surface area contributed by atoms with Crippen molar-refractivity contribution < 1.29 is 4.79 Å². The molecule has 0 aliphatic carbocycles. The van der Waals surface area contributed by atoms with Gasteiger partial charge < -0.3 is 5.32 Å². The first-order chi connectivity index (χ1) is 5.59. The Morgan fingerprint density at radius 2 is 2.17 bits per heavy atom. The molecule has 1 aromatic rings. The van der Waals surface area contributed by atoms with Gasteiger partial charge in [-0.2, -0.15) is 0 Å². The normalized spacial score (nSPS) is 9.58. The van der Waals surface area contributed by atoms with Crippen molar-refractivity contribution in [2.75, 3.05) is 5.32 Å². The molecule has 64 valence electrons. The molecule has 4 heteroatoms. The van der Waals surface area contributed by atoms with Crippen molar-refractivity contribution in [1.29, 1.82) is 0 Å². The lowest BCUT2D eigenvalue weighted by atomic mass is 10.2. The fourth-order valence-electron chi connectivity index (χ4n) is 0.835. The molecule has 0 aromatic heterocycles. The SMILES string of the molecule is Cc1ccc(Br)cc1NC(=O)Br. The van der Waals surface area contributed by atoms with E-state index in [1.807, 2.05) is 25.1 Å². The first-order valence-corrected chi connectivity index (χ1v) is 4.91. The third-order valence-electron chi connectivity index (χ3n) is 1.43. The topological polar surface area (TPSA) is 29.1 Å². The minimum Gasteiger partial charge on any atom is -0.316 e. The van der Waals surface area contributed by atoms with Gasteiger partial charge in [-0.1, -0.05) is 22.0 Å². The first kappa shape index (κ1) is 9.74. The molecule has 1 aromatic carbocycles. The number of halogens is 2. The summed E-state index contributed by atoms with van der Waals surface area (Å²) in [5, 5.41) is 2.66. The van der Waals surface area contributed by atoms with Crippen LogP contribution in [0.4, 0.5) is 10.5 Å². The summed E-state index contributed by atoms with van der Waals surface area (Å²) in [6, 6.07) is 5.72. The van der Waals surface area contributed by atoms with Crippen LogP contribution in [0.3, 0.4) is 0 Å². The molecule has 12 heavy (non-hydrogen) atoms. The Hall–Kier alpha value is -0.350. The largest absolute Gasteiger partial charge is 0.316 e. The summed E-state index contributed by atoms with van der Waals surface area (Å²) in [7, 11) is 0. The minimum atomic E-state index is -0.233. The van der Waals surface area contributed by atoms with Crippen LogP contribution in [0.1, 0.15) is 5.56 Å². The van der Waals surface area contributed by atoms with E-state index in [4.69, 9.17) is 0 Å². The maximum absolute atomic E-state index is 10.7. The van der Waals surface area contributed by atoms with Crippen molar-refractivity contribution in [1.82, 2.24) is 0 Å². The molecule has 1 amide bonds. The van der Waals surface area contributed by atoms with Gasteiger partial charge in [0.2, 0.25) is 0 Å². The number of nitrogens with one attached hydrogen (secondary N) is 1. The molecule has 0 unspecified atom stereocenters. The van der Waals surface area contributed by atoms with Gasteiger partial charge in [0.05, 0.1) is 0 Å². The van der Waals surface area contributed by atoms with E-state index in [2.05, 4.69) is 37.2 Å². The van der Waals surface area contributed by atoms with E-state index in [1.165, 1.54) is 0 Å². The highest BCUT2D eigenvalue weighted by Crippen LogP contribution is 2.20. The van der Waals surface area contributed by atoms with E-state index in [0.717, 1.165) is 15.7 Å². The van der Waals surface area contributed by atoms with E-state index in [1.54, 1.807) is 0 Å². The van der Waals surface area contributed by atoms with Gasteiger partial charge >= 0.3 is 0 Å². The molecule has 0 atom stereocenters. The van der Waals surface area contributed by atoms with E-state index in [9.17, 15) is 4.79 Å². The lowest BCUT2D eigenvalue weighted by Crippen LogP contribution is -2.01. The first-order valence-electron chi connectivity index (χ1n) is 3.32. The van der Waals surface area contributed by atoms with Crippen LogP contribution in [0, 0.1) is 6.92 Å². The Labute approximate surface area is 87.6 Å². The van der Waals surface area contributed by atoms with E-state index in [-0.39, 0.29) is 4.82 Å². The van der Waals surface area contributed by atoms with Gasteiger partial charge in [0.1, 0.15) is 0 Å². The maximum atomic E-state index is 10.7. The van der Waals surface area contributed by atoms with Gasteiger partial charge in [-0.25, -0.2) is 0 Å². The monoisotopic (exact) mass is 291 g/mol. The van der Waals surface area contributed by atoms with Gasteiger partial charge in [-0.15, -0.1) is 0 Å². The molecule has 0 aliphatic heterocycles. The smallest absolute Gasteiger partial charge is 0.291 e. The summed E-state index contributed by atoms with van der Waals surface area (Å²) in [5.74, 6) is 0. The highest BCUT2D eigenvalue weighted by atomic mass is 79.9. The molecular formula is C8H7Br2NO. The number of carbonyl (C=O) groups excluding carboxylic acids is 1. The average Bonchev–Trinajstić information content (AvgIpc) is 1.96. The van der Waals surface area contributed by atoms with E-state index in [0.29, 0.717) is 0 Å². The molecule has 2 nitrogen and oxygen atoms in total. The molecule has 1 rings (SSSR count). The third-order valence-corrected chi connectivity index (χ3v) is 2.12. The Morgan fingerprint density at radius 3 is 2.75 bits per heavy atom. The fourth-order valence-corrected chi connectivity index (χ4v) is 1.41. The second kappa shape index (κ2) is 4.05. The molecule has 0 saturated carbocycles. The molecule has 0 heterocycles. The van der Waals surface area contributed by atoms with Gasteiger partial charge in [0.25, 0.3) is 4.82 Å². The van der Waals surface area contributed by atoms with Gasteiger partial charge in [-0.3, -0.25) is 4.79 Å². The standard InChI is InChI=1S/C8H7Br2NO/c1-5-2-3-6(9)4-7(5)11-8(10)12/h2-4H,1H3,(H,11,12). The predicted octanol–water partition coefficient (Wildman–Crippen LogP) is 3.68. The van der Waals surface area contributed by atoms with Crippen LogP contribution in [0.2, 0.25) is 0 Å². The molecule has 0 spiro atoms. The number of benzene rings is 1. The number of hydrogen-bond acceptors (Lipinski definition) is 1. The highest BCUT2D eigenvalue weighted by Gasteiger charge is 2.00. The maximum Gasteiger partial charge on any atom is 0.291 e. The number of amides is 1. The van der Waals surface area contributed by atoms with Crippen molar-refractivity contribution in [2.24, 2.45) is 0 Å². The van der Waals surface area contributed by atoms with Crippen LogP contribution >= 0.6 is 31.9 Å². The van der Waals surface area contributed by atoms with Crippen LogP contribution in [0.25, 0.3) is 0 Å². The second-order valence-corrected chi connectivity index (χ2v) is 3.99. The van der Waals surface area contributed by atoms with Gasteiger partial charge in [-0.05, 0) is 24.6 Å². The zero-order valence-corrected chi connectivity index (χ0v) is 9.57. The van der Waals surface area contributed by atoms with E-state index < -0.39 is 0 Å². The Kier molecular flexibility index (Phi) is 3.29. The fraction of sp³-hybridized carbons (Fsp3) is 0.125. The number of rotatable bonds is 1. The lowest BCUT2D eigenvalue weighted by Gasteiger charge is -2.04. The van der Waals surface area contributed by atoms with Crippen molar-refractivity contribution in [3.8, 4) is 0 Å². The van der Waals surface area contributed by atoms with Gasteiger partial charge in [0, 0.05) is 26.1 Å². The molecule has 0 radical (unpaired) electrons. The van der Waals surface area contributed by atoms with Crippen molar-refractivity contribution in [2.45, 2.75) is 6.92 Å². The molecule has 0 fully saturated rings. The summed E-state index contributed by atoms with van der Waals surface area (Å²) in [6.45, 7) is 1.94. The Bertz CT molecular complexity index is 312.